The van der Waals surface area contributed by atoms with Crippen LogP contribution in [0, 0.1) is 0 Å². The molecule has 0 bridgehead atoms. The Morgan fingerprint density at radius 3 is 3.13 bits per heavy atom. The number of para-hydroxylation sites is 1. The van der Waals surface area contributed by atoms with Crippen molar-refractivity contribution in [3.63, 3.8) is 0 Å². The summed E-state index contributed by atoms with van der Waals surface area (Å²) in [5.41, 5.74) is 1.86. The standard InChI is InChI=1S/C16H16N4O2S/c21-15(19-5-6-20-10-17-8-11(20)9-19)7-14-16(22)18-12-3-1-2-4-13(12)23-14/h1-4,8,10,14H,5-7,9H2,(H,18,22). The van der Waals surface area contributed by atoms with Gasteiger partial charge in [-0.25, -0.2) is 4.98 Å². The lowest BCUT2D eigenvalue weighted by molar-refractivity contribution is -0.133. The van der Waals surface area contributed by atoms with Crippen LogP contribution in [-0.4, -0.2) is 38.1 Å². The number of carbonyl (C=O) groups excluding carboxylic acids is 2. The van der Waals surface area contributed by atoms with E-state index in [2.05, 4.69) is 14.9 Å². The fourth-order valence-corrected chi connectivity index (χ4v) is 4.01. The van der Waals surface area contributed by atoms with Crippen LogP contribution in [0.1, 0.15) is 12.1 Å². The number of hydrogen-bond donors (Lipinski definition) is 1. The van der Waals surface area contributed by atoms with Crippen molar-refractivity contribution in [1.29, 1.82) is 0 Å². The molecule has 7 heteroatoms. The van der Waals surface area contributed by atoms with Gasteiger partial charge in [0.2, 0.25) is 11.8 Å². The maximum atomic E-state index is 12.6. The van der Waals surface area contributed by atoms with Gasteiger partial charge in [-0.3, -0.25) is 9.59 Å². The first kappa shape index (κ1) is 14.3. The number of hydrogen-bond acceptors (Lipinski definition) is 4. The maximum absolute atomic E-state index is 12.6. The van der Waals surface area contributed by atoms with Crippen LogP contribution in [0.5, 0.6) is 0 Å². The highest BCUT2D eigenvalue weighted by atomic mass is 32.2. The molecular formula is C16H16N4O2S. The predicted molar refractivity (Wildman–Crippen MR) is 87.0 cm³/mol. The van der Waals surface area contributed by atoms with Crippen molar-refractivity contribution >= 4 is 29.3 Å². The molecule has 1 aromatic carbocycles. The van der Waals surface area contributed by atoms with Gasteiger partial charge in [-0.05, 0) is 12.1 Å². The van der Waals surface area contributed by atoms with Gasteiger partial charge in [0.15, 0.2) is 0 Å². The first-order valence-corrected chi connectivity index (χ1v) is 8.42. The molecule has 1 unspecified atom stereocenters. The van der Waals surface area contributed by atoms with Crippen LogP contribution >= 0.6 is 11.8 Å². The first-order valence-electron chi connectivity index (χ1n) is 7.54. The van der Waals surface area contributed by atoms with Crippen LogP contribution in [0.15, 0.2) is 41.7 Å². The van der Waals surface area contributed by atoms with Crippen LogP contribution in [0.3, 0.4) is 0 Å². The largest absolute Gasteiger partial charge is 0.335 e. The number of carbonyl (C=O) groups is 2. The summed E-state index contributed by atoms with van der Waals surface area (Å²) in [7, 11) is 0. The summed E-state index contributed by atoms with van der Waals surface area (Å²) in [6.07, 6.45) is 3.80. The zero-order valence-corrected chi connectivity index (χ0v) is 13.3. The number of fused-ring (bicyclic) bond motifs is 2. The van der Waals surface area contributed by atoms with Gasteiger partial charge in [0.1, 0.15) is 0 Å². The summed E-state index contributed by atoms with van der Waals surface area (Å²) in [6.45, 7) is 1.99. The third kappa shape index (κ3) is 2.72. The Morgan fingerprint density at radius 1 is 1.35 bits per heavy atom. The van der Waals surface area contributed by atoms with Crippen LogP contribution in [-0.2, 0) is 22.7 Å². The fourth-order valence-electron chi connectivity index (χ4n) is 2.91. The van der Waals surface area contributed by atoms with Crippen molar-refractivity contribution in [3.8, 4) is 0 Å². The lowest BCUT2D eigenvalue weighted by atomic mass is 10.2. The monoisotopic (exact) mass is 328 g/mol. The minimum absolute atomic E-state index is 0.0180. The second-order valence-electron chi connectivity index (χ2n) is 5.69. The van der Waals surface area contributed by atoms with E-state index in [4.69, 9.17) is 0 Å². The van der Waals surface area contributed by atoms with E-state index >= 15 is 0 Å². The van der Waals surface area contributed by atoms with Crippen LogP contribution < -0.4 is 5.32 Å². The summed E-state index contributed by atoms with van der Waals surface area (Å²) in [5.74, 6) is -0.0754. The van der Waals surface area contributed by atoms with Crippen molar-refractivity contribution in [2.75, 3.05) is 11.9 Å². The molecule has 0 spiro atoms. The SMILES string of the molecule is O=C1Nc2ccccc2SC1CC(=O)N1CCn2cncc2C1. The summed E-state index contributed by atoms with van der Waals surface area (Å²) in [6, 6.07) is 7.68. The summed E-state index contributed by atoms with van der Waals surface area (Å²) >= 11 is 1.47. The Morgan fingerprint density at radius 2 is 2.22 bits per heavy atom. The third-order valence-electron chi connectivity index (χ3n) is 4.18. The normalized spacial score (nSPS) is 19.7. The number of benzene rings is 1. The van der Waals surface area contributed by atoms with E-state index in [1.54, 1.807) is 12.5 Å². The lowest BCUT2D eigenvalue weighted by Crippen LogP contribution is -2.41. The van der Waals surface area contributed by atoms with Gasteiger partial charge in [-0.1, -0.05) is 12.1 Å². The molecule has 4 rings (SSSR count). The molecule has 0 radical (unpaired) electrons. The van der Waals surface area contributed by atoms with Crippen molar-refractivity contribution in [1.82, 2.24) is 14.5 Å². The Bertz CT molecular complexity index is 773. The molecule has 1 N–H and O–H groups in total. The summed E-state index contributed by atoms with van der Waals surface area (Å²) in [5, 5.41) is 2.51. The van der Waals surface area contributed by atoms with Gasteiger partial charge in [-0.2, -0.15) is 0 Å². The molecule has 2 aromatic rings. The van der Waals surface area contributed by atoms with Gasteiger partial charge in [0, 0.05) is 30.6 Å². The Kier molecular flexibility index (Phi) is 3.57. The highest BCUT2D eigenvalue weighted by Gasteiger charge is 2.31. The van der Waals surface area contributed by atoms with Crippen LogP contribution in [0.4, 0.5) is 5.69 Å². The zero-order chi connectivity index (χ0) is 15.8. The number of aromatic nitrogens is 2. The predicted octanol–water partition coefficient (Wildman–Crippen LogP) is 1.73. The minimum Gasteiger partial charge on any atom is -0.335 e. The van der Waals surface area contributed by atoms with Crippen molar-refractivity contribution in [3.05, 3.63) is 42.5 Å². The van der Waals surface area contributed by atoms with Gasteiger partial charge < -0.3 is 14.8 Å². The van der Waals surface area contributed by atoms with Gasteiger partial charge >= 0.3 is 0 Å². The van der Waals surface area contributed by atoms with Gasteiger partial charge in [0.05, 0.1) is 29.5 Å². The Hall–Kier alpha value is -2.28. The second kappa shape index (κ2) is 5.73. The molecule has 0 saturated heterocycles. The first-order chi connectivity index (χ1) is 11.2. The topological polar surface area (TPSA) is 67.2 Å². The summed E-state index contributed by atoms with van der Waals surface area (Å²) in [4.78, 5) is 31.7. The van der Waals surface area contributed by atoms with E-state index in [9.17, 15) is 9.59 Å². The average molecular weight is 328 g/mol. The van der Waals surface area contributed by atoms with Gasteiger partial charge in [-0.15, -0.1) is 11.8 Å². The molecule has 23 heavy (non-hydrogen) atoms. The average Bonchev–Trinajstić information content (AvgIpc) is 3.03. The van der Waals surface area contributed by atoms with E-state index < -0.39 is 0 Å². The molecule has 2 aliphatic rings. The number of nitrogens with one attached hydrogen (secondary N) is 1. The van der Waals surface area contributed by atoms with E-state index in [0.717, 1.165) is 22.8 Å². The molecule has 6 nitrogen and oxygen atoms in total. The van der Waals surface area contributed by atoms with Gasteiger partial charge in [0.25, 0.3) is 0 Å². The molecule has 0 fully saturated rings. The molecule has 1 aromatic heterocycles. The van der Waals surface area contributed by atoms with E-state index in [0.29, 0.717) is 13.1 Å². The summed E-state index contributed by atoms with van der Waals surface area (Å²) < 4.78 is 2.06. The van der Waals surface area contributed by atoms with Crippen molar-refractivity contribution < 1.29 is 9.59 Å². The van der Waals surface area contributed by atoms with E-state index in [-0.39, 0.29) is 23.5 Å². The Balaban J connectivity index is 1.44. The third-order valence-corrected chi connectivity index (χ3v) is 5.46. The highest BCUT2D eigenvalue weighted by molar-refractivity contribution is 8.01. The molecule has 118 valence electrons. The van der Waals surface area contributed by atoms with Crippen LogP contribution in [0.2, 0.25) is 0 Å². The number of nitrogens with zero attached hydrogens (tertiary/aromatic N) is 3. The molecule has 1 atom stereocenters. The van der Waals surface area contributed by atoms with E-state index in [1.165, 1.54) is 11.8 Å². The number of rotatable bonds is 2. The number of thioether (sulfide) groups is 1. The smallest absolute Gasteiger partial charge is 0.238 e. The number of amides is 2. The number of anilines is 1. The number of imidazole rings is 1. The molecule has 0 aliphatic carbocycles. The zero-order valence-electron chi connectivity index (χ0n) is 12.4. The minimum atomic E-state index is -0.371. The molecule has 0 saturated carbocycles. The highest BCUT2D eigenvalue weighted by Crippen LogP contribution is 2.36. The molecular weight excluding hydrogens is 312 g/mol. The fraction of sp³-hybridized carbons (Fsp3) is 0.312. The molecule has 2 aliphatic heterocycles. The lowest BCUT2D eigenvalue weighted by Gasteiger charge is -2.30. The van der Waals surface area contributed by atoms with E-state index in [1.807, 2.05) is 29.2 Å². The Labute approximate surface area is 137 Å². The van der Waals surface area contributed by atoms with Crippen molar-refractivity contribution in [2.45, 2.75) is 29.7 Å². The van der Waals surface area contributed by atoms with Crippen molar-refractivity contribution in [2.24, 2.45) is 0 Å². The molecule has 3 heterocycles. The molecule has 2 amide bonds. The maximum Gasteiger partial charge on any atom is 0.238 e. The van der Waals surface area contributed by atoms with Crippen LogP contribution in [0.25, 0.3) is 0 Å². The quantitative estimate of drug-likeness (QED) is 0.912. The second-order valence-corrected chi connectivity index (χ2v) is 6.93.